The molecule has 0 aliphatic rings. The van der Waals surface area contributed by atoms with Gasteiger partial charge in [-0.1, -0.05) is 6.92 Å². The van der Waals surface area contributed by atoms with Gasteiger partial charge in [-0.2, -0.15) is 0 Å². The van der Waals surface area contributed by atoms with Crippen molar-refractivity contribution in [2.75, 3.05) is 11.1 Å². The van der Waals surface area contributed by atoms with E-state index in [1.54, 1.807) is 6.07 Å². The number of rotatable bonds is 4. The molecule has 0 aliphatic heterocycles. The Morgan fingerprint density at radius 1 is 1.50 bits per heavy atom. The van der Waals surface area contributed by atoms with Crippen LogP contribution in [0.15, 0.2) is 12.1 Å². The second kappa shape index (κ2) is 4.38. The maximum atomic E-state index is 11.0. The van der Waals surface area contributed by atoms with Gasteiger partial charge in [0.1, 0.15) is 5.69 Å². The van der Waals surface area contributed by atoms with Crippen molar-refractivity contribution in [1.29, 1.82) is 0 Å². The third-order valence-electron chi connectivity index (χ3n) is 2.52. The predicted octanol–water partition coefficient (Wildman–Crippen LogP) is 1.36. The molecule has 5 heteroatoms. The topological polar surface area (TPSA) is 94.0 Å². The van der Waals surface area contributed by atoms with E-state index in [9.17, 15) is 4.79 Å². The molecule has 0 spiro atoms. The van der Waals surface area contributed by atoms with Crippen LogP contribution in [-0.4, -0.2) is 16.4 Å². The van der Waals surface area contributed by atoms with Crippen LogP contribution in [0.5, 0.6) is 0 Å². The molecule has 0 unspecified atom stereocenters. The Balaban J connectivity index is 3.03. The van der Waals surface area contributed by atoms with Crippen LogP contribution in [0.3, 0.4) is 0 Å². The first kappa shape index (κ1) is 12.3. The third kappa shape index (κ3) is 2.85. The summed E-state index contributed by atoms with van der Waals surface area (Å²) in [5.41, 5.74) is 11.5. The first-order valence-electron chi connectivity index (χ1n) is 5.20. The highest BCUT2D eigenvalue weighted by atomic mass is 16.1. The molecular weight excluding hydrogens is 204 g/mol. The smallest absolute Gasteiger partial charge is 0.267 e. The molecule has 1 rings (SSSR count). The number of nitrogens with one attached hydrogen (secondary N) is 1. The molecule has 0 saturated carbocycles. The number of anilines is 2. The minimum atomic E-state index is -0.558. The van der Waals surface area contributed by atoms with Crippen LogP contribution in [0.25, 0.3) is 0 Å². The summed E-state index contributed by atoms with van der Waals surface area (Å²) in [5.74, 6) is -0.0551. The zero-order valence-corrected chi connectivity index (χ0v) is 9.87. The van der Waals surface area contributed by atoms with Gasteiger partial charge < -0.3 is 16.8 Å². The molecule has 88 valence electrons. The van der Waals surface area contributed by atoms with Crippen molar-refractivity contribution < 1.29 is 4.79 Å². The van der Waals surface area contributed by atoms with Crippen LogP contribution in [0.4, 0.5) is 11.5 Å². The summed E-state index contributed by atoms with van der Waals surface area (Å²) in [4.78, 5) is 15.1. The van der Waals surface area contributed by atoms with Gasteiger partial charge in [0, 0.05) is 5.54 Å². The number of pyridine rings is 1. The van der Waals surface area contributed by atoms with Crippen molar-refractivity contribution in [2.45, 2.75) is 32.7 Å². The summed E-state index contributed by atoms with van der Waals surface area (Å²) in [6, 6.07) is 3.14. The monoisotopic (exact) mass is 222 g/mol. The van der Waals surface area contributed by atoms with E-state index < -0.39 is 5.91 Å². The average Bonchev–Trinajstić information content (AvgIpc) is 2.21. The van der Waals surface area contributed by atoms with E-state index in [1.807, 2.05) is 13.8 Å². The van der Waals surface area contributed by atoms with E-state index in [1.165, 1.54) is 6.07 Å². The summed E-state index contributed by atoms with van der Waals surface area (Å²) in [6.07, 6.45) is 0.912. The van der Waals surface area contributed by atoms with Gasteiger partial charge in [0.25, 0.3) is 5.91 Å². The fourth-order valence-electron chi connectivity index (χ4n) is 1.12. The van der Waals surface area contributed by atoms with Crippen LogP contribution in [0.1, 0.15) is 37.7 Å². The van der Waals surface area contributed by atoms with Crippen molar-refractivity contribution >= 4 is 17.4 Å². The maximum Gasteiger partial charge on any atom is 0.267 e. The second-order valence-electron chi connectivity index (χ2n) is 4.36. The molecule has 1 aromatic rings. The largest absolute Gasteiger partial charge is 0.396 e. The van der Waals surface area contributed by atoms with Gasteiger partial charge >= 0.3 is 0 Å². The molecule has 16 heavy (non-hydrogen) atoms. The summed E-state index contributed by atoms with van der Waals surface area (Å²) >= 11 is 0. The number of primary amides is 1. The number of carbonyl (C=O) groups excluding carboxylic acids is 1. The lowest BCUT2D eigenvalue weighted by atomic mass is 10.0. The van der Waals surface area contributed by atoms with Crippen molar-refractivity contribution in [3.8, 4) is 0 Å². The Kier molecular flexibility index (Phi) is 3.37. The maximum absolute atomic E-state index is 11.0. The Labute approximate surface area is 95.2 Å². The van der Waals surface area contributed by atoms with Gasteiger partial charge in [-0.25, -0.2) is 4.98 Å². The summed E-state index contributed by atoms with van der Waals surface area (Å²) < 4.78 is 0. The highest BCUT2D eigenvalue weighted by molar-refractivity contribution is 5.91. The lowest BCUT2D eigenvalue weighted by Crippen LogP contribution is -2.31. The summed E-state index contributed by atoms with van der Waals surface area (Å²) in [6.45, 7) is 6.12. The van der Waals surface area contributed by atoms with Crippen molar-refractivity contribution in [2.24, 2.45) is 5.73 Å². The first-order chi connectivity index (χ1) is 7.35. The normalized spacial score (nSPS) is 11.2. The molecule has 5 N–H and O–H groups in total. The predicted molar refractivity (Wildman–Crippen MR) is 65.2 cm³/mol. The third-order valence-corrected chi connectivity index (χ3v) is 2.52. The number of hydrogen-bond donors (Lipinski definition) is 3. The van der Waals surface area contributed by atoms with Gasteiger partial charge in [0.05, 0.1) is 5.69 Å². The van der Waals surface area contributed by atoms with Gasteiger partial charge in [0.15, 0.2) is 5.82 Å². The molecule has 0 saturated heterocycles. The zero-order chi connectivity index (χ0) is 12.3. The zero-order valence-electron chi connectivity index (χ0n) is 9.87. The summed E-state index contributed by atoms with van der Waals surface area (Å²) in [5, 5.41) is 3.19. The van der Waals surface area contributed by atoms with E-state index in [2.05, 4.69) is 17.2 Å². The van der Waals surface area contributed by atoms with Crippen LogP contribution in [0.2, 0.25) is 0 Å². The van der Waals surface area contributed by atoms with E-state index in [4.69, 9.17) is 11.5 Å². The highest BCUT2D eigenvalue weighted by Crippen LogP contribution is 2.21. The number of nitrogens with zero attached hydrogens (tertiary/aromatic N) is 1. The Morgan fingerprint density at radius 2 is 2.12 bits per heavy atom. The summed E-state index contributed by atoms with van der Waals surface area (Å²) in [7, 11) is 0. The van der Waals surface area contributed by atoms with E-state index in [-0.39, 0.29) is 11.2 Å². The van der Waals surface area contributed by atoms with Crippen LogP contribution >= 0.6 is 0 Å². The number of nitrogen functional groups attached to an aromatic ring is 1. The van der Waals surface area contributed by atoms with Gasteiger partial charge in [-0.15, -0.1) is 0 Å². The van der Waals surface area contributed by atoms with Crippen molar-refractivity contribution in [3.05, 3.63) is 17.8 Å². The molecule has 0 aliphatic carbocycles. The molecule has 1 amide bonds. The Bertz CT molecular complexity index is 401. The first-order valence-corrected chi connectivity index (χ1v) is 5.20. The van der Waals surface area contributed by atoms with E-state index >= 15 is 0 Å². The van der Waals surface area contributed by atoms with Gasteiger partial charge in [-0.3, -0.25) is 4.79 Å². The standard InChI is InChI=1S/C11H18N4O/c1-4-11(2,3)15-10-7(12)5-6-8(14-10)9(13)16/h5-6H,4,12H2,1-3H3,(H2,13,16)(H,14,15). The number of hydrogen-bond acceptors (Lipinski definition) is 4. The molecule has 0 atom stereocenters. The molecule has 0 bridgehead atoms. The van der Waals surface area contributed by atoms with Crippen molar-refractivity contribution in [1.82, 2.24) is 4.98 Å². The Morgan fingerprint density at radius 3 is 2.62 bits per heavy atom. The molecule has 1 heterocycles. The second-order valence-corrected chi connectivity index (χ2v) is 4.36. The minimum absolute atomic E-state index is 0.128. The fourth-order valence-corrected chi connectivity index (χ4v) is 1.12. The molecule has 5 nitrogen and oxygen atoms in total. The minimum Gasteiger partial charge on any atom is -0.396 e. The molecule has 0 radical (unpaired) electrons. The highest BCUT2D eigenvalue weighted by Gasteiger charge is 2.17. The molecular formula is C11H18N4O. The lowest BCUT2D eigenvalue weighted by molar-refractivity contribution is 0.0995. The molecule has 1 aromatic heterocycles. The number of aromatic nitrogens is 1. The fraction of sp³-hybridized carbons (Fsp3) is 0.455. The molecule has 0 fully saturated rings. The SMILES string of the molecule is CCC(C)(C)Nc1nc(C(N)=O)ccc1N. The van der Waals surface area contributed by atoms with E-state index in [0.29, 0.717) is 11.5 Å². The number of carbonyl (C=O) groups is 1. The van der Waals surface area contributed by atoms with Crippen LogP contribution in [0, 0.1) is 0 Å². The average molecular weight is 222 g/mol. The Hall–Kier alpha value is -1.78. The molecule has 0 aromatic carbocycles. The van der Waals surface area contributed by atoms with Crippen LogP contribution in [-0.2, 0) is 0 Å². The van der Waals surface area contributed by atoms with Crippen LogP contribution < -0.4 is 16.8 Å². The number of nitrogens with two attached hydrogens (primary N) is 2. The number of amides is 1. The van der Waals surface area contributed by atoms with Gasteiger partial charge in [0.2, 0.25) is 0 Å². The van der Waals surface area contributed by atoms with Crippen molar-refractivity contribution in [3.63, 3.8) is 0 Å². The van der Waals surface area contributed by atoms with E-state index in [0.717, 1.165) is 6.42 Å². The van der Waals surface area contributed by atoms with Gasteiger partial charge in [-0.05, 0) is 32.4 Å². The lowest BCUT2D eigenvalue weighted by Gasteiger charge is -2.26. The quantitative estimate of drug-likeness (QED) is 0.717.